The van der Waals surface area contributed by atoms with Crippen LogP contribution < -0.4 is 10.9 Å². The number of rotatable bonds is 4. The third kappa shape index (κ3) is 4.19. The van der Waals surface area contributed by atoms with Crippen LogP contribution in [0, 0.1) is 27.7 Å². The molecular formula is C27H24ClN5O2. The van der Waals surface area contributed by atoms with E-state index in [1.807, 2.05) is 70.2 Å². The van der Waals surface area contributed by atoms with Crippen molar-refractivity contribution < 1.29 is 4.79 Å². The molecule has 8 heteroatoms. The minimum Gasteiger partial charge on any atom is -0.319 e. The number of aryl methyl sites for hydroxylation is 4. The molecule has 0 aliphatic heterocycles. The molecule has 0 saturated heterocycles. The number of fused-ring (bicyclic) bond motifs is 3. The number of halogens is 1. The number of benzene rings is 3. The van der Waals surface area contributed by atoms with Gasteiger partial charge in [-0.15, -0.1) is 5.10 Å². The second kappa shape index (κ2) is 8.67. The lowest BCUT2D eigenvalue weighted by Crippen LogP contribution is -2.24. The highest BCUT2D eigenvalue weighted by Gasteiger charge is 2.20. The topological polar surface area (TPSA) is 81.3 Å². The van der Waals surface area contributed by atoms with Crippen LogP contribution in [0.15, 0.2) is 59.4 Å². The van der Waals surface area contributed by atoms with Gasteiger partial charge in [-0.3, -0.25) is 14.2 Å². The first kappa shape index (κ1) is 22.8. The standard InChI is InChI=1S/C27H24ClN5O2/c1-15-5-10-21-22(13-15)32(14-19-6-8-20(28)9-7-19)27(35)25-30-24(31-33(21)25)26(34)29-23-17(3)11-16(2)12-18(23)4/h5-13H,14H2,1-4H3,(H,29,34). The van der Waals surface area contributed by atoms with Crippen molar-refractivity contribution in [1.29, 1.82) is 0 Å². The zero-order valence-corrected chi connectivity index (χ0v) is 20.6. The summed E-state index contributed by atoms with van der Waals surface area (Å²) in [5.41, 5.74) is 6.83. The molecule has 0 radical (unpaired) electrons. The Balaban J connectivity index is 1.63. The molecule has 0 saturated carbocycles. The highest BCUT2D eigenvalue weighted by Crippen LogP contribution is 2.23. The molecule has 2 heterocycles. The van der Waals surface area contributed by atoms with Gasteiger partial charge in [-0.1, -0.05) is 47.5 Å². The number of hydrogen-bond acceptors (Lipinski definition) is 4. The molecule has 0 aliphatic carbocycles. The zero-order valence-electron chi connectivity index (χ0n) is 19.9. The maximum Gasteiger partial charge on any atom is 0.296 e. The predicted molar refractivity (Wildman–Crippen MR) is 139 cm³/mol. The van der Waals surface area contributed by atoms with Crippen molar-refractivity contribution >= 4 is 39.9 Å². The Hall–Kier alpha value is -3.97. The van der Waals surface area contributed by atoms with E-state index in [0.29, 0.717) is 22.6 Å². The van der Waals surface area contributed by atoms with E-state index in [1.165, 1.54) is 4.52 Å². The van der Waals surface area contributed by atoms with Gasteiger partial charge >= 0.3 is 0 Å². The van der Waals surface area contributed by atoms with E-state index in [2.05, 4.69) is 15.4 Å². The van der Waals surface area contributed by atoms with Crippen LogP contribution in [0.25, 0.3) is 16.7 Å². The molecule has 2 aromatic heterocycles. The summed E-state index contributed by atoms with van der Waals surface area (Å²) in [5.74, 6) is -0.528. The molecule has 5 aromatic rings. The second-order valence-corrected chi connectivity index (χ2v) is 9.35. The van der Waals surface area contributed by atoms with Gasteiger partial charge < -0.3 is 5.32 Å². The maximum absolute atomic E-state index is 13.5. The molecule has 0 atom stereocenters. The Labute approximate surface area is 207 Å². The molecule has 0 fully saturated rings. The minimum absolute atomic E-state index is 0.0624. The van der Waals surface area contributed by atoms with Crippen molar-refractivity contribution in [3.8, 4) is 0 Å². The molecule has 35 heavy (non-hydrogen) atoms. The Kier molecular flexibility index (Phi) is 5.65. The highest BCUT2D eigenvalue weighted by atomic mass is 35.5. The molecule has 0 aliphatic rings. The largest absolute Gasteiger partial charge is 0.319 e. The predicted octanol–water partition coefficient (Wildman–Crippen LogP) is 5.23. The van der Waals surface area contributed by atoms with Crippen LogP contribution in [-0.4, -0.2) is 25.1 Å². The number of anilines is 1. The van der Waals surface area contributed by atoms with Crippen molar-refractivity contribution in [1.82, 2.24) is 19.2 Å². The van der Waals surface area contributed by atoms with Crippen molar-refractivity contribution in [2.75, 3.05) is 5.32 Å². The lowest BCUT2D eigenvalue weighted by atomic mass is 10.1. The van der Waals surface area contributed by atoms with E-state index in [0.717, 1.165) is 33.5 Å². The summed E-state index contributed by atoms with van der Waals surface area (Å²) >= 11 is 6.03. The van der Waals surface area contributed by atoms with Crippen molar-refractivity contribution in [3.63, 3.8) is 0 Å². The van der Waals surface area contributed by atoms with Crippen LogP contribution in [0.2, 0.25) is 5.02 Å². The summed E-state index contributed by atoms with van der Waals surface area (Å²) in [6, 6.07) is 17.1. The van der Waals surface area contributed by atoms with E-state index in [-0.39, 0.29) is 17.0 Å². The maximum atomic E-state index is 13.5. The first-order valence-corrected chi connectivity index (χ1v) is 11.6. The first-order valence-electron chi connectivity index (χ1n) is 11.2. The summed E-state index contributed by atoms with van der Waals surface area (Å²) in [6.45, 7) is 8.20. The second-order valence-electron chi connectivity index (χ2n) is 8.91. The lowest BCUT2D eigenvalue weighted by Gasteiger charge is -2.12. The van der Waals surface area contributed by atoms with Crippen LogP contribution in [0.3, 0.4) is 0 Å². The van der Waals surface area contributed by atoms with Crippen molar-refractivity contribution in [2.24, 2.45) is 0 Å². The fraction of sp³-hybridized carbons (Fsp3) is 0.185. The molecular weight excluding hydrogens is 462 g/mol. The smallest absolute Gasteiger partial charge is 0.296 e. The fourth-order valence-corrected chi connectivity index (χ4v) is 4.58. The number of carbonyl (C=O) groups is 1. The normalized spacial score (nSPS) is 11.3. The fourth-order valence-electron chi connectivity index (χ4n) is 4.45. The number of amides is 1. The van der Waals surface area contributed by atoms with Gasteiger partial charge in [0.25, 0.3) is 11.5 Å². The van der Waals surface area contributed by atoms with Crippen LogP contribution in [-0.2, 0) is 6.54 Å². The average molecular weight is 486 g/mol. The number of nitrogens with zero attached hydrogens (tertiary/aromatic N) is 4. The van der Waals surface area contributed by atoms with Gasteiger partial charge in [0, 0.05) is 10.7 Å². The number of nitrogens with one attached hydrogen (secondary N) is 1. The molecule has 3 aromatic carbocycles. The molecule has 7 nitrogen and oxygen atoms in total. The summed E-state index contributed by atoms with van der Waals surface area (Å²) in [6.07, 6.45) is 0. The monoisotopic (exact) mass is 485 g/mol. The number of aromatic nitrogens is 4. The van der Waals surface area contributed by atoms with Crippen LogP contribution in [0.4, 0.5) is 5.69 Å². The number of hydrogen-bond donors (Lipinski definition) is 1. The summed E-state index contributed by atoms with van der Waals surface area (Å²) < 4.78 is 3.12. The van der Waals surface area contributed by atoms with E-state index in [4.69, 9.17) is 11.6 Å². The highest BCUT2D eigenvalue weighted by molar-refractivity contribution is 6.30. The van der Waals surface area contributed by atoms with Gasteiger partial charge in [0.1, 0.15) is 0 Å². The molecule has 0 spiro atoms. The van der Waals surface area contributed by atoms with Gasteiger partial charge in [-0.2, -0.15) is 4.98 Å². The molecule has 5 rings (SSSR count). The van der Waals surface area contributed by atoms with Gasteiger partial charge in [-0.25, -0.2) is 4.52 Å². The minimum atomic E-state index is -0.465. The van der Waals surface area contributed by atoms with Gasteiger partial charge in [0.15, 0.2) is 0 Å². The molecule has 0 unspecified atom stereocenters. The van der Waals surface area contributed by atoms with E-state index >= 15 is 0 Å². The van der Waals surface area contributed by atoms with Crippen LogP contribution >= 0.6 is 11.6 Å². The summed E-state index contributed by atoms with van der Waals surface area (Å²) in [5, 5.41) is 7.98. The van der Waals surface area contributed by atoms with Crippen LogP contribution in [0.1, 0.15) is 38.4 Å². The summed E-state index contributed by atoms with van der Waals surface area (Å²) in [4.78, 5) is 31.0. The molecule has 1 amide bonds. The Morgan fingerprint density at radius 2 is 1.60 bits per heavy atom. The van der Waals surface area contributed by atoms with Gasteiger partial charge in [-0.05, 0) is 74.2 Å². The number of carbonyl (C=O) groups excluding carboxylic acids is 1. The van der Waals surface area contributed by atoms with Crippen molar-refractivity contribution in [3.05, 3.63) is 104 Å². The molecule has 1 N–H and O–H groups in total. The SMILES string of the molecule is Cc1cc(C)c(NC(=O)c2nc3c(=O)n(Cc4ccc(Cl)cc4)c4cc(C)ccc4n3n2)c(C)c1. The van der Waals surface area contributed by atoms with E-state index in [1.54, 1.807) is 16.7 Å². The third-order valence-corrected chi connectivity index (χ3v) is 6.32. The Morgan fingerprint density at radius 3 is 2.29 bits per heavy atom. The summed E-state index contributed by atoms with van der Waals surface area (Å²) in [7, 11) is 0. The molecule has 0 bridgehead atoms. The third-order valence-electron chi connectivity index (χ3n) is 6.07. The molecule has 176 valence electrons. The van der Waals surface area contributed by atoms with Gasteiger partial charge in [0.2, 0.25) is 11.5 Å². The van der Waals surface area contributed by atoms with E-state index < -0.39 is 5.91 Å². The average Bonchev–Trinajstić information content (AvgIpc) is 3.26. The quantitative estimate of drug-likeness (QED) is 0.378. The van der Waals surface area contributed by atoms with Crippen molar-refractivity contribution in [2.45, 2.75) is 34.2 Å². The zero-order chi connectivity index (χ0) is 24.9. The Morgan fingerprint density at radius 1 is 0.914 bits per heavy atom. The lowest BCUT2D eigenvalue weighted by molar-refractivity contribution is 0.101. The van der Waals surface area contributed by atoms with Crippen LogP contribution in [0.5, 0.6) is 0 Å². The van der Waals surface area contributed by atoms with Gasteiger partial charge in [0.05, 0.1) is 17.6 Å². The Bertz CT molecular complexity index is 1660. The first-order chi connectivity index (χ1) is 16.7. The van der Waals surface area contributed by atoms with E-state index in [9.17, 15) is 9.59 Å².